The van der Waals surface area contributed by atoms with E-state index in [4.69, 9.17) is 9.15 Å². The third-order valence-electron chi connectivity index (χ3n) is 5.40. The number of hydrogen-bond acceptors (Lipinski definition) is 7. The Labute approximate surface area is 189 Å². The first-order chi connectivity index (χ1) is 15.8. The lowest BCUT2D eigenvalue weighted by atomic mass is 10.0. The number of hydrazone groups is 1. The molecule has 1 aliphatic heterocycles. The van der Waals surface area contributed by atoms with Crippen LogP contribution < -0.4 is 0 Å². The zero-order chi connectivity index (χ0) is 23.5. The second kappa shape index (κ2) is 9.07. The highest BCUT2D eigenvalue weighted by Crippen LogP contribution is 2.33. The predicted octanol–water partition coefficient (Wildman–Crippen LogP) is 4.34. The minimum Gasteiger partial charge on any atom is -0.467 e. The van der Waals surface area contributed by atoms with E-state index < -0.39 is 29.4 Å². The van der Waals surface area contributed by atoms with Crippen LogP contribution in [-0.2, 0) is 9.53 Å². The summed E-state index contributed by atoms with van der Waals surface area (Å²) >= 11 is 0. The van der Waals surface area contributed by atoms with Crippen molar-refractivity contribution in [3.63, 3.8) is 0 Å². The molecule has 1 aliphatic rings. The van der Waals surface area contributed by atoms with Gasteiger partial charge in [0.2, 0.25) is 0 Å². The van der Waals surface area contributed by atoms with E-state index >= 15 is 0 Å². The van der Waals surface area contributed by atoms with Crippen LogP contribution in [0.1, 0.15) is 45.3 Å². The third kappa shape index (κ3) is 4.52. The number of carbonyl (C=O) groups is 2. The highest BCUT2D eigenvalue weighted by Gasteiger charge is 2.35. The van der Waals surface area contributed by atoms with E-state index in [1.165, 1.54) is 23.4 Å². The maximum atomic E-state index is 13.0. The van der Waals surface area contributed by atoms with Gasteiger partial charge in [0.05, 0.1) is 16.9 Å². The van der Waals surface area contributed by atoms with Gasteiger partial charge in [0.1, 0.15) is 17.4 Å². The average molecular weight is 447 g/mol. The van der Waals surface area contributed by atoms with E-state index in [1.54, 1.807) is 25.1 Å². The Hall–Kier alpha value is -4.27. The Morgan fingerprint density at radius 3 is 2.58 bits per heavy atom. The number of nitro benzene ring substituents is 1. The normalized spacial score (nSPS) is 15.3. The number of rotatable bonds is 6. The molecule has 0 N–H and O–H groups in total. The zero-order valence-corrected chi connectivity index (χ0v) is 18.1. The monoisotopic (exact) mass is 447 g/mol. The number of nitro groups is 1. The van der Waals surface area contributed by atoms with Gasteiger partial charge in [0.15, 0.2) is 6.61 Å². The molecule has 33 heavy (non-hydrogen) atoms. The lowest BCUT2D eigenvalue weighted by Crippen LogP contribution is -2.31. The Balaban J connectivity index is 1.55. The molecule has 4 rings (SSSR count). The Morgan fingerprint density at radius 2 is 1.91 bits per heavy atom. The number of ether oxygens (including phenoxy) is 1. The minimum absolute atomic E-state index is 0.178. The topological polar surface area (TPSA) is 115 Å². The number of amides is 1. The number of nitrogens with zero attached hydrogens (tertiary/aromatic N) is 3. The van der Waals surface area contributed by atoms with Crippen LogP contribution >= 0.6 is 0 Å². The lowest BCUT2D eigenvalue weighted by Gasteiger charge is -2.19. The molecule has 9 heteroatoms. The van der Waals surface area contributed by atoms with E-state index in [0.29, 0.717) is 23.5 Å². The molecule has 0 bridgehead atoms. The Bertz CT molecular complexity index is 1230. The van der Waals surface area contributed by atoms with Crippen molar-refractivity contribution in [3.8, 4) is 0 Å². The predicted molar refractivity (Wildman–Crippen MR) is 119 cm³/mol. The van der Waals surface area contributed by atoms with Gasteiger partial charge in [-0.05, 0) is 37.1 Å². The van der Waals surface area contributed by atoms with Gasteiger partial charge in [-0.3, -0.25) is 14.9 Å². The summed E-state index contributed by atoms with van der Waals surface area (Å²) < 4.78 is 10.7. The van der Waals surface area contributed by atoms with Crippen LogP contribution in [0.5, 0.6) is 0 Å². The summed E-state index contributed by atoms with van der Waals surface area (Å²) in [5.41, 5.74) is 2.51. The fraction of sp³-hybridized carbons (Fsp3) is 0.208. The van der Waals surface area contributed by atoms with E-state index in [9.17, 15) is 19.7 Å². The summed E-state index contributed by atoms with van der Waals surface area (Å²) in [6.45, 7) is 2.93. The van der Waals surface area contributed by atoms with Gasteiger partial charge in [-0.2, -0.15) is 5.10 Å². The molecule has 0 radical (unpaired) electrons. The molecule has 3 aromatic rings. The number of esters is 1. The summed E-state index contributed by atoms with van der Waals surface area (Å²) in [4.78, 5) is 36.2. The van der Waals surface area contributed by atoms with Crippen molar-refractivity contribution in [3.05, 3.63) is 99.0 Å². The van der Waals surface area contributed by atoms with Gasteiger partial charge in [-0.15, -0.1) is 0 Å². The summed E-state index contributed by atoms with van der Waals surface area (Å²) in [6, 6.07) is 15.0. The summed E-state index contributed by atoms with van der Waals surface area (Å²) in [6.07, 6.45) is 1.94. The van der Waals surface area contributed by atoms with Crippen LogP contribution in [0, 0.1) is 24.0 Å². The van der Waals surface area contributed by atoms with Crippen molar-refractivity contribution in [1.29, 1.82) is 0 Å². The van der Waals surface area contributed by atoms with Crippen molar-refractivity contribution < 1.29 is 23.7 Å². The quantitative estimate of drug-likeness (QED) is 0.315. The SMILES string of the molecule is Cc1ccc(C2=NN(C(=O)COC(=O)c3c(C)cccc3[N+](=O)[O-])C(c3ccco3)C2)cc1. The third-order valence-corrected chi connectivity index (χ3v) is 5.40. The zero-order valence-electron chi connectivity index (χ0n) is 18.1. The number of aryl methyl sites for hydroxylation is 2. The number of benzene rings is 2. The van der Waals surface area contributed by atoms with Crippen LogP contribution in [0.3, 0.4) is 0 Å². The molecule has 0 saturated heterocycles. The van der Waals surface area contributed by atoms with E-state index in [1.807, 2.05) is 31.2 Å². The van der Waals surface area contributed by atoms with Crippen LogP contribution in [0.25, 0.3) is 0 Å². The molecule has 1 amide bonds. The first kappa shape index (κ1) is 21.9. The smallest absolute Gasteiger partial charge is 0.345 e. The van der Waals surface area contributed by atoms with Gasteiger partial charge < -0.3 is 9.15 Å². The van der Waals surface area contributed by atoms with Crippen LogP contribution in [0.4, 0.5) is 5.69 Å². The van der Waals surface area contributed by atoms with Crippen molar-refractivity contribution >= 4 is 23.3 Å². The minimum atomic E-state index is -0.940. The second-order valence-electron chi connectivity index (χ2n) is 7.69. The molecule has 1 atom stereocenters. The van der Waals surface area contributed by atoms with Crippen molar-refractivity contribution in [2.24, 2.45) is 5.10 Å². The number of carbonyl (C=O) groups excluding carboxylic acids is 2. The highest BCUT2D eigenvalue weighted by molar-refractivity contribution is 6.03. The molecule has 0 saturated carbocycles. The summed E-state index contributed by atoms with van der Waals surface area (Å²) in [5, 5.41) is 17.0. The highest BCUT2D eigenvalue weighted by atomic mass is 16.6. The molecule has 168 valence electrons. The van der Waals surface area contributed by atoms with Crippen molar-refractivity contribution in [2.75, 3.05) is 6.61 Å². The van der Waals surface area contributed by atoms with E-state index in [2.05, 4.69) is 5.10 Å². The first-order valence-corrected chi connectivity index (χ1v) is 10.3. The summed E-state index contributed by atoms with van der Waals surface area (Å²) in [5.74, 6) is -0.956. The first-order valence-electron chi connectivity index (χ1n) is 10.3. The maximum Gasteiger partial charge on any atom is 0.345 e. The number of hydrogen-bond donors (Lipinski definition) is 0. The molecule has 1 unspecified atom stereocenters. The molecular formula is C24H21N3O6. The van der Waals surface area contributed by atoms with Crippen LogP contribution in [0.2, 0.25) is 0 Å². The van der Waals surface area contributed by atoms with Crippen molar-refractivity contribution in [1.82, 2.24) is 5.01 Å². The molecule has 0 fully saturated rings. The van der Waals surface area contributed by atoms with Crippen molar-refractivity contribution in [2.45, 2.75) is 26.3 Å². The van der Waals surface area contributed by atoms with Gasteiger partial charge in [0, 0.05) is 12.5 Å². The molecule has 1 aromatic heterocycles. The van der Waals surface area contributed by atoms with E-state index in [0.717, 1.165) is 11.1 Å². The molecule has 2 heterocycles. The standard InChI is InChI=1S/C24H21N3O6/c1-15-8-10-17(11-9-15)18-13-20(21-7-4-12-32-21)26(25-18)22(28)14-33-24(29)23-16(2)5-3-6-19(23)27(30)31/h3-12,20H,13-14H2,1-2H3. The van der Waals surface area contributed by atoms with Gasteiger partial charge in [0.25, 0.3) is 11.6 Å². The second-order valence-corrected chi connectivity index (χ2v) is 7.69. The van der Waals surface area contributed by atoms with Gasteiger partial charge >= 0.3 is 5.97 Å². The molecular weight excluding hydrogens is 426 g/mol. The average Bonchev–Trinajstić information content (AvgIpc) is 3.47. The fourth-order valence-electron chi connectivity index (χ4n) is 3.70. The largest absolute Gasteiger partial charge is 0.467 e. The van der Waals surface area contributed by atoms with Crippen LogP contribution in [-0.4, -0.2) is 34.1 Å². The molecule has 2 aromatic carbocycles. The fourth-order valence-corrected chi connectivity index (χ4v) is 3.70. The Kier molecular flexibility index (Phi) is 6.03. The molecule has 0 aliphatic carbocycles. The van der Waals surface area contributed by atoms with E-state index in [-0.39, 0.29) is 11.3 Å². The maximum absolute atomic E-state index is 13.0. The molecule has 0 spiro atoms. The lowest BCUT2D eigenvalue weighted by molar-refractivity contribution is -0.385. The van der Waals surface area contributed by atoms with Crippen LogP contribution in [0.15, 0.2) is 70.4 Å². The molecule has 9 nitrogen and oxygen atoms in total. The van der Waals surface area contributed by atoms with Gasteiger partial charge in [-0.1, -0.05) is 42.0 Å². The van der Waals surface area contributed by atoms with Gasteiger partial charge in [-0.25, -0.2) is 9.80 Å². The summed E-state index contributed by atoms with van der Waals surface area (Å²) in [7, 11) is 0. The Morgan fingerprint density at radius 1 is 1.15 bits per heavy atom. The number of furan rings is 1.